The maximum absolute atomic E-state index is 12.5. The Balaban J connectivity index is 1.48. The van der Waals surface area contributed by atoms with E-state index in [1.165, 1.54) is 17.3 Å². The predicted molar refractivity (Wildman–Crippen MR) is 137 cm³/mol. The summed E-state index contributed by atoms with van der Waals surface area (Å²) in [6.07, 6.45) is 4.29. The number of carbonyl (C=O) groups excluding carboxylic acids is 1. The second-order valence-corrected chi connectivity index (χ2v) is 10.2. The van der Waals surface area contributed by atoms with E-state index in [0.717, 1.165) is 23.5 Å². The molecule has 1 amide bonds. The molecule has 6 heteroatoms. The van der Waals surface area contributed by atoms with Crippen LogP contribution in [0.1, 0.15) is 38.3 Å². The van der Waals surface area contributed by atoms with Gasteiger partial charge in [-0.25, -0.2) is 0 Å². The lowest BCUT2D eigenvalue weighted by Gasteiger charge is -2.19. The van der Waals surface area contributed by atoms with Crippen LogP contribution >= 0.6 is 24.0 Å². The van der Waals surface area contributed by atoms with Gasteiger partial charge in [0.25, 0.3) is 5.91 Å². The topological polar surface area (TPSA) is 38.8 Å². The molecule has 0 unspecified atom stereocenters. The SMILES string of the molecule is C=CCN1C(=O)/C(=C/c2cccc(OCCCOc3ccc(C(C)(C)C)cc3)c2)SC1=S. The van der Waals surface area contributed by atoms with Crippen molar-refractivity contribution in [2.45, 2.75) is 32.6 Å². The molecule has 168 valence electrons. The average molecular weight is 468 g/mol. The second kappa shape index (κ2) is 10.8. The molecule has 0 atom stereocenters. The Hall–Kier alpha value is -2.57. The molecule has 0 bridgehead atoms. The third-order valence-electron chi connectivity index (χ3n) is 4.89. The van der Waals surface area contributed by atoms with Gasteiger partial charge in [0.1, 0.15) is 15.8 Å². The number of amides is 1. The van der Waals surface area contributed by atoms with E-state index in [1.807, 2.05) is 42.5 Å². The summed E-state index contributed by atoms with van der Waals surface area (Å²) in [5.74, 6) is 1.54. The van der Waals surface area contributed by atoms with Crippen molar-refractivity contribution in [2.75, 3.05) is 19.8 Å². The molecule has 2 aromatic rings. The van der Waals surface area contributed by atoms with Gasteiger partial charge in [0, 0.05) is 13.0 Å². The maximum Gasteiger partial charge on any atom is 0.266 e. The van der Waals surface area contributed by atoms with Crippen LogP contribution in [0, 0.1) is 0 Å². The van der Waals surface area contributed by atoms with Gasteiger partial charge in [0.05, 0.1) is 18.1 Å². The zero-order valence-electron chi connectivity index (χ0n) is 18.8. The van der Waals surface area contributed by atoms with Crippen LogP contribution in [-0.2, 0) is 10.2 Å². The van der Waals surface area contributed by atoms with E-state index in [4.69, 9.17) is 21.7 Å². The minimum absolute atomic E-state index is 0.0843. The van der Waals surface area contributed by atoms with Gasteiger partial charge < -0.3 is 9.47 Å². The van der Waals surface area contributed by atoms with E-state index < -0.39 is 0 Å². The predicted octanol–water partition coefficient (Wildman–Crippen LogP) is 6.22. The molecule has 1 aliphatic rings. The summed E-state index contributed by atoms with van der Waals surface area (Å²) >= 11 is 6.60. The van der Waals surface area contributed by atoms with Gasteiger partial charge >= 0.3 is 0 Å². The first kappa shape index (κ1) is 24.1. The van der Waals surface area contributed by atoms with E-state index in [-0.39, 0.29) is 11.3 Å². The molecule has 0 saturated carbocycles. The van der Waals surface area contributed by atoms with Crippen molar-refractivity contribution in [2.24, 2.45) is 0 Å². The number of hydrogen-bond acceptors (Lipinski definition) is 5. The highest BCUT2D eigenvalue weighted by Gasteiger charge is 2.30. The molecule has 0 spiro atoms. The molecule has 2 aromatic carbocycles. The Morgan fingerprint density at radius 1 is 1.06 bits per heavy atom. The smallest absolute Gasteiger partial charge is 0.266 e. The number of thiocarbonyl (C=S) groups is 1. The molecule has 0 aliphatic carbocycles. The lowest BCUT2D eigenvalue weighted by atomic mass is 9.87. The van der Waals surface area contributed by atoms with Crippen LogP contribution < -0.4 is 9.47 Å². The zero-order chi connectivity index (χ0) is 23.1. The zero-order valence-corrected chi connectivity index (χ0v) is 20.4. The van der Waals surface area contributed by atoms with Gasteiger partial charge in [-0.15, -0.1) is 6.58 Å². The third-order valence-corrected chi connectivity index (χ3v) is 6.27. The Morgan fingerprint density at radius 3 is 2.41 bits per heavy atom. The lowest BCUT2D eigenvalue weighted by Crippen LogP contribution is -2.27. The molecule has 1 saturated heterocycles. The fourth-order valence-electron chi connectivity index (χ4n) is 3.12. The largest absolute Gasteiger partial charge is 0.493 e. The first-order valence-electron chi connectivity index (χ1n) is 10.6. The van der Waals surface area contributed by atoms with Crippen LogP contribution in [0.15, 0.2) is 66.1 Å². The number of ether oxygens (including phenoxy) is 2. The van der Waals surface area contributed by atoms with Crippen molar-refractivity contribution >= 4 is 40.3 Å². The quantitative estimate of drug-likeness (QED) is 0.189. The molecule has 0 aromatic heterocycles. The fourth-order valence-corrected chi connectivity index (χ4v) is 4.40. The summed E-state index contributed by atoms with van der Waals surface area (Å²) in [7, 11) is 0. The first-order chi connectivity index (χ1) is 15.3. The fraction of sp³-hybridized carbons (Fsp3) is 0.308. The van der Waals surface area contributed by atoms with E-state index in [9.17, 15) is 4.79 Å². The van der Waals surface area contributed by atoms with Gasteiger partial charge in [0.15, 0.2) is 0 Å². The standard InChI is InChI=1S/C26H29NO3S2/c1-5-14-27-24(28)23(32-25(27)31)18-19-8-6-9-22(17-19)30-16-7-15-29-21-12-10-20(11-13-21)26(2,3)4/h5-6,8-13,17-18H,1,7,14-16H2,2-4H3/b23-18-. The van der Waals surface area contributed by atoms with Crippen LogP contribution in [0.2, 0.25) is 0 Å². The summed E-state index contributed by atoms with van der Waals surface area (Å²) in [6, 6.07) is 15.9. The normalized spacial score (nSPS) is 15.3. The van der Waals surface area contributed by atoms with Crippen molar-refractivity contribution in [3.63, 3.8) is 0 Å². The van der Waals surface area contributed by atoms with Gasteiger partial charge in [0.2, 0.25) is 0 Å². The first-order valence-corrected chi connectivity index (χ1v) is 11.8. The molecular weight excluding hydrogens is 438 g/mol. The minimum atomic E-state index is -0.0843. The van der Waals surface area contributed by atoms with Crippen LogP contribution in [0.5, 0.6) is 11.5 Å². The highest BCUT2D eigenvalue weighted by molar-refractivity contribution is 8.26. The molecule has 1 aliphatic heterocycles. The molecule has 1 fully saturated rings. The molecule has 1 heterocycles. The highest BCUT2D eigenvalue weighted by atomic mass is 32.2. The van der Waals surface area contributed by atoms with Gasteiger partial charge in [-0.3, -0.25) is 9.69 Å². The number of hydrogen-bond donors (Lipinski definition) is 0. The maximum atomic E-state index is 12.5. The molecule has 3 rings (SSSR count). The number of nitrogens with zero attached hydrogens (tertiary/aromatic N) is 1. The molecule has 32 heavy (non-hydrogen) atoms. The highest BCUT2D eigenvalue weighted by Crippen LogP contribution is 2.32. The summed E-state index contributed by atoms with van der Waals surface area (Å²) in [6.45, 7) is 11.8. The molecule has 4 nitrogen and oxygen atoms in total. The number of rotatable bonds is 9. The van der Waals surface area contributed by atoms with Crippen LogP contribution in [0.25, 0.3) is 6.08 Å². The van der Waals surface area contributed by atoms with Crippen molar-refractivity contribution in [3.05, 3.63) is 77.2 Å². The Labute approximate surface area is 200 Å². The number of thioether (sulfide) groups is 1. The van der Waals surface area contributed by atoms with Gasteiger partial charge in [-0.1, -0.05) is 75.1 Å². The van der Waals surface area contributed by atoms with Crippen molar-refractivity contribution in [3.8, 4) is 11.5 Å². The second-order valence-electron chi connectivity index (χ2n) is 8.48. The molecule has 0 radical (unpaired) electrons. The third kappa shape index (κ3) is 6.47. The van der Waals surface area contributed by atoms with Crippen LogP contribution in [0.4, 0.5) is 0 Å². The summed E-state index contributed by atoms with van der Waals surface area (Å²) in [5.41, 5.74) is 2.32. The summed E-state index contributed by atoms with van der Waals surface area (Å²) < 4.78 is 12.2. The summed E-state index contributed by atoms with van der Waals surface area (Å²) in [5, 5.41) is 0. The molecule has 0 N–H and O–H groups in total. The lowest BCUT2D eigenvalue weighted by molar-refractivity contribution is -0.121. The number of carbonyl (C=O) groups is 1. The average Bonchev–Trinajstić information content (AvgIpc) is 3.01. The van der Waals surface area contributed by atoms with Crippen LogP contribution in [0.3, 0.4) is 0 Å². The Kier molecular flexibility index (Phi) is 8.15. The Morgan fingerprint density at radius 2 is 1.75 bits per heavy atom. The summed E-state index contributed by atoms with van der Waals surface area (Å²) in [4.78, 5) is 14.6. The molecular formula is C26H29NO3S2. The van der Waals surface area contributed by atoms with E-state index >= 15 is 0 Å². The number of benzene rings is 2. The van der Waals surface area contributed by atoms with Crippen molar-refractivity contribution in [1.82, 2.24) is 4.90 Å². The van der Waals surface area contributed by atoms with Gasteiger partial charge in [-0.2, -0.15) is 0 Å². The Bertz CT molecular complexity index is 1010. The minimum Gasteiger partial charge on any atom is -0.493 e. The van der Waals surface area contributed by atoms with Crippen molar-refractivity contribution in [1.29, 1.82) is 0 Å². The van der Waals surface area contributed by atoms with E-state index in [0.29, 0.717) is 29.0 Å². The van der Waals surface area contributed by atoms with Gasteiger partial charge in [-0.05, 0) is 46.9 Å². The van der Waals surface area contributed by atoms with E-state index in [2.05, 4.69) is 39.5 Å². The van der Waals surface area contributed by atoms with Crippen LogP contribution in [-0.4, -0.2) is 34.9 Å². The van der Waals surface area contributed by atoms with Crippen molar-refractivity contribution < 1.29 is 14.3 Å². The monoisotopic (exact) mass is 467 g/mol. The van der Waals surface area contributed by atoms with E-state index in [1.54, 1.807) is 11.0 Å².